The minimum atomic E-state index is -0.334. The fraction of sp³-hybridized carbons (Fsp3) is 0.458. The summed E-state index contributed by atoms with van der Waals surface area (Å²) in [5.41, 5.74) is 2.69. The number of nitrogens with zero attached hydrogens (tertiary/aromatic N) is 3. The van der Waals surface area contributed by atoms with Crippen LogP contribution in [-0.4, -0.2) is 66.5 Å². The summed E-state index contributed by atoms with van der Waals surface area (Å²) in [6.45, 7) is 8.11. The largest absolute Gasteiger partial charge is 0.491 e. The van der Waals surface area contributed by atoms with Crippen molar-refractivity contribution in [1.82, 2.24) is 14.7 Å². The van der Waals surface area contributed by atoms with E-state index in [0.717, 1.165) is 44.0 Å². The summed E-state index contributed by atoms with van der Waals surface area (Å²) in [6, 6.07) is 12.7. The minimum Gasteiger partial charge on any atom is -0.491 e. The molecule has 0 aliphatic carbocycles. The van der Waals surface area contributed by atoms with Crippen LogP contribution in [-0.2, 0) is 24.3 Å². The number of carbonyl (C=O) groups is 1. The number of hydrogen-bond donors (Lipinski definition) is 0. The van der Waals surface area contributed by atoms with Crippen LogP contribution in [0.4, 0.5) is 4.39 Å². The van der Waals surface area contributed by atoms with Crippen LogP contribution >= 0.6 is 0 Å². The minimum absolute atomic E-state index is 0.0628. The summed E-state index contributed by atoms with van der Waals surface area (Å²) in [7, 11) is 2.16. The van der Waals surface area contributed by atoms with Gasteiger partial charge in [-0.15, -0.1) is 0 Å². The Bertz CT molecular complexity index is 896. The highest BCUT2D eigenvalue weighted by Crippen LogP contribution is 2.27. The Morgan fingerprint density at radius 2 is 1.90 bits per heavy atom. The summed E-state index contributed by atoms with van der Waals surface area (Å²) >= 11 is 0. The number of benzene rings is 2. The highest BCUT2D eigenvalue weighted by atomic mass is 19.1. The Balaban J connectivity index is 1.48. The number of likely N-dealkylation sites (N-methyl/N-ethyl adjacent to an activating group) is 1. The molecule has 1 atom stereocenters. The third-order valence-corrected chi connectivity index (χ3v) is 6.10. The maximum Gasteiger partial charge on any atom is 0.227 e. The molecule has 2 heterocycles. The monoisotopic (exact) mass is 411 g/mol. The van der Waals surface area contributed by atoms with E-state index in [-0.39, 0.29) is 24.2 Å². The predicted molar refractivity (Wildman–Crippen MR) is 115 cm³/mol. The van der Waals surface area contributed by atoms with E-state index >= 15 is 0 Å². The van der Waals surface area contributed by atoms with Crippen molar-refractivity contribution in [2.75, 3.05) is 39.8 Å². The lowest BCUT2D eigenvalue weighted by Crippen LogP contribution is -2.43. The molecule has 4 rings (SSSR count). The summed E-state index contributed by atoms with van der Waals surface area (Å²) in [6.07, 6.45) is 0.0628. The molecular weight excluding hydrogens is 381 g/mol. The van der Waals surface area contributed by atoms with Gasteiger partial charge in [0.05, 0.1) is 12.5 Å². The second-order valence-corrected chi connectivity index (χ2v) is 8.47. The van der Waals surface area contributed by atoms with E-state index in [0.29, 0.717) is 18.7 Å². The molecule has 1 saturated heterocycles. The average Bonchev–Trinajstić information content (AvgIpc) is 2.90. The average molecular weight is 412 g/mol. The lowest BCUT2D eigenvalue weighted by molar-refractivity contribution is -0.133. The van der Waals surface area contributed by atoms with E-state index in [1.165, 1.54) is 11.6 Å². The zero-order valence-corrected chi connectivity index (χ0v) is 17.8. The third kappa shape index (κ3) is 4.82. The molecule has 0 N–H and O–H groups in total. The van der Waals surface area contributed by atoms with Gasteiger partial charge in [-0.05, 0) is 43.3 Å². The Labute approximate surface area is 178 Å². The molecule has 2 aromatic carbocycles. The first-order chi connectivity index (χ1) is 14.5. The third-order valence-electron chi connectivity index (χ3n) is 6.10. The van der Waals surface area contributed by atoms with E-state index in [2.05, 4.69) is 29.0 Å². The molecule has 0 unspecified atom stereocenters. The molecular formula is C24H30FN3O2. The number of halogens is 1. The molecule has 6 heteroatoms. The van der Waals surface area contributed by atoms with Gasteiger partial charge in [0.15, 0.2) is 0 Å². The normalized spacial score (nSPS) is 20.4. The molecule has 0 aromatic heterocycles. The number of piperazine rings is 1. The topological polar surface area (TPSA) is 36.0 Å². The van der Waals surface area contributed by atoms with Crippen molar-refractivity contribution in [3.8, 4) is 5.75 Å². The van der Waals surface area contributed by atoms with E-state index < -0.39 is 0 Å². The van der Waals surface area contributed by atoms with Crippen molar-refractivity contribution in [2.24, 2.45) is 0 Å². The molecule has 1 amide bonds. The molecule has 2 aliphatic heterocycles. The van der Waals surface area contributed by atoms with Crippen molar-refractivity contribution in [3.05, 3.63) is 65.0 Å². The Kier molecular flexibility index (Phi) is 6.35. The van der Waals surface area contributed by atoms with E-state index in [4.69, 9.17) is 4.74 Å². The number of hydrogen-bond acceptors (Lipinski definition) is 4. The molecule has 0 radical (unpaired) electrons. The van der Waals surface area contributed by atoms with Gasteiger partial charge in [-0.25, -0.2) is 4.39 Å². The van der Waals surface area contributed by atoms with Crippen LogP contribution in [0.5, 0.6) is 5.75 Å². The molecule has 0 spiro atoms. The first-order valence-corrected chi connectivity index (χ1v) is 10.7. The summed E-state index contributed by atoms with van der Waals surface area (Å²) < 4.78 is 20.0. The first kappa shape index (κ1) is 20.8. The van der Waals surface area contributed by atoms with Crippen LogP contribution in [0.1, 0.15) is 23.6 Å². The van der Waals surface area contributed by atoms with Crippen molar-refractivity contribution < 1.29 is 13.9 Å². The van der Waals surface area contributed by atoms with Crippen LogP contribution < -0.4 is 4.74 Å². The van der Waals surface area contributed by atoms with Gasteiger partial charge in [0.1, 0.15) is 18.2 Å². The van der Waals surface area contributed by atoms with Gasteiger partial charge in [-0.1, -0.05) is 24.3 Å². The quantitative estimate of drug-likeness (QED) is 0.775. The SMILES string of the molecule is C[C@H]1COc2ccc(CN3CCN(C)CC3)cc2CN1C(=O)Cc1ccccc1F. The molecule has 5 nitrogen and oxygen atoms in total. The molecule has 2 aliphatic rings. The van der Waals surface area contributed by atoms with Crippen molar-refractivity contribution >= 4 is 5.91 Å². The van der Waals surface area contributed by atoms with E-state index in [1.54, 1.807) is 18.2 Å². The fourth-order valence-electron chi connectivity index (χ4n) is 4.14. The molecule has 160 valence electrons. The first-order valence-electron chi connectivity index (χ1n) is 10.7. The van der Waals surface area contributed by atoms with Crippen molar-refractivity contribution in [1.29, 1.82) is 0 Å². The van der Waals surface area contributed by atoms with Crippen molar-refractivity contribution in [3.63, 3.8) is 0 Å². The highest BCUT2D eigenvalue weighted by Gasteiger charge is 2.26. The maximum absolute atomic E-state index is 14.0. The second-order valence-electron chi connectivity index (χ2n) is 8.47. The van der Waals surface area contributed by atoms with Crippen LogP contribution in [0.15, 0.2) is 42.5 Å². The van der Waals surface area contributed by atoms with Crippen LogP contribution in [0.3, 0.4) is 0 Å². The Hall–Kier alpha value is -2.44. The second kappa shape index (κ2) is 9.14. The summed E-state index contributed by atoms with van der Waals surface area (Å²) in [4.78, 5) is 19.6. The van der Waals surface area contributed by atoms with Gasteiger partial charge in [0.2, 0.25) is 5.91 Å². The number of ether oxygens (including phenoxy) is 1. The van der Waals surface area contributed by atoms with Gasteiger partial charge in [-0.2, -0.15) is 0 Å². The van der Waals surface area contributed by atoms with E-state index in [9.17, 15) is 9.18 Å². The van der Waals surface area contributed by atoms with Gasteiger partial charge >= 0.3 is 0 Å². The molecule has 2 aromatic rings. The summed E-state index contributed by atoms with van der Waals surface area (Å²) in [5, 5.41) is 0. The standard InChI is InChI=1S/C24H30FN3O2/c1-18-17-30-23-8-7-19(15-27-11-9-26(2)10-12-27)13-21(23)16-28(18)24(29)14-20-5-3-4-6-22(20)25/h3-8,13,18H,9-12,14-17H2,1-2H3/t18-/m0/s1. The lowest BCUT2D eigenvalue weighted by Gasteiger charge is -2.32. The van der Waals surface area contributed by atoms with Crippen LogP contribution in [0, 0.1) is 5.82 Å². The Morgan fingerprint density at radius 1 is 1.13 bits per heavy atom. The molecule has 0 bridgehead atoms. The maximum atomic E-state index is 14.0. The van der Waals surface area contributed by atoms with Crippen LogP contribution in [0.25, 0.3) is 0 Å². The van der Waals surface area contributed by atoms with Gasteiger partial charge in [0, 0.05) is 44.8 Å². The van der Waals surface area contributed by atoms with Crippen molar-refractivity contribution in [2.45, 2.75) is 32.5 Å². The zero-order chi connectivity index (χ0) is 21.1. The van der Waals surface area contributed by atoms with E-state index in [1.807, 2.05) is 17.9 Å². The molecule has 1 fully saturated rings. The number of fused-ring (bicyclic) bond motifs is 1. The molecule has 0 saturated carbocycles. The number of amides is 1. The fourth-order valence-corrected chi connectivity index (χ4v) is 4.14. The predicted octanol–water partition coefficient (Wildman–Crippen LogP) is 2.93. The van der Waals surface area contributed by atoms with Crippen LogP contribution in [0.2, 0.25) is 0 Å². The van der Waals surface area contributed by atoms with Gasteiger partial charge in [-0.3, -0.25) is 9.69 Å². The smallest absolute Gasteiger partial charge is 0.227 e. The molecule has 30 heavy (non-hydrogen) atoms. The number of rotatable bonds is 4. The van der Waals surface area contributed by atoms with Gasteiger partial charge in [0.25, 0.3) is 0 Å². The lowest BCUT2D eigenvalue weighted by atomic mass is 10.1. The Morgan fingerprint density at radius 3 is 2.67 bits per heavy atom. The number of carbonyl (C=O) groups excluding carboxylic acids is 1. The highest BCUT2D eigenvalue weighted by molar-refractivity contribution is 5.79. The zero-order valence-electron chi connectivity index (χ0n) is 17.8. The van der Waals surface area contributed by atoms with Gasteiger partial charge < -0.3 is 14.5 Å². The summed E-state index contributed by atoms with van der Waals surface area (Å²) in [5.74, 6) is 0.429.